The lowest BCUT2D eigenvalue weighted by atomic mass is 10.1. The van der Waals surface area contributed by atoms with Crippen LogP contribution in [0.15, 0.2) is 36.5 Å². The zero-order chi connectivity index (χ0) is 13.4. The van der Waals surface area contributed by atoms with E-state index in [0.717, 1.165) is 11.1 Å². The van der Waals surface area contributed by atoms with Crippen LogP contribution in [0, 0.1) is 6.92 Å². The summed E-state index contributed by atoms with van der Waals surface area (Å²) in [5.74, 6) is -1.11. The van der Waals surface area contributed by atoms with Crippen molar-refractivity contribution in [2.24, 2.45) is 0 Å². The number of nitrogens with zero attached hydrogens (tertiary/aromatic N) is 4. The van der Waals surface area contributed by atoms with Gasteiger partial charge in [0.2, 0.25) is 0 Å². The summed E-state index contributed by atoms with van der Waals surface area (Å²) in [7, 11) is 0. The highest BCUT2D eigenvalue weighted by molar-refractivity contribution is 5.87. The van der Waals surface area contributed by atoms with E-state index < -0.39 is 5.97 Å². The maximum absolute atomic E-state index is 11.0. The van der Waals surface area contributed by atoms with Gasteiger partial charge < -0.3 is 5.11 Å². The van der Waals surface area contributed by atoms with Gasteiger partial charge in [0.15, 0.2) is 11.3 Å². The third kappa shape index (κ3) is 1.74. The van der Waals surface area contributed by atoms with Crippen molar-refractivity contribution in [3.8, 4) is 11.1 Å². The molecule has 2 aromatic heterocycles. The van der Waals surface area contributed by atoms with E-state index in [1.54, 1.807) is 13.1 Å². The van der Waals surface area contributed by atoms with Gasteiger partial charge in [0.05, 0.1) is 11.9 Å². The Morgan fingerprint density at radius 3 is 2.63 bits per heavy atom. The van der Waals surface area contributed by atoms with Gasteiger partial charge in [0.1, 0.15) is 0 Å². The molecule has 0 radical (unpaired) electrons. The van der Waals surface area contributed by atoms with Crippen LogP contribution >= 0.6 is 0 Å². The number of carboxylic acids is 1. The summed E-state index contributed by atoms with van der Waals surface area (Å²) in [5, 5.41) is 20.9. The predicted octanol–water partition coefficient (Wildman–Crippen LogP) is 1.80. The van der Waals surface area contributed by atoms with Gasteiger partial charge in [-0.05, 0) is 12.5 Å². The zero-order valence-electron chi connectivity index (χ0n) is 10.1. The molecular formula is C13H10N4O2. The number of benzene rings is 1. The van der Waals surface area contributed by atoms with E-state index in [4.69, 9.17) is 5.11 Å². The number of rotatable bonds is 2. The highest BCUT2D eigenvalue weighted by Crippen LogP contribution is 2.23. The fourth-order valence-electron chi connectivity index (χ4n) is 1.97. The summed E-state index contributed by atoms with van der Waals surface area (Å²) < 4.78 is 1.50. The normalized spacial score (nSPS) is 10.8. The molecule has 0 aliphatic rings. The highest BCUT2D eigenvalue weighted by atomic mass is 16.4. The van der Waals surface area contributed by atoms with E-state index in [2.05, 4.69) is 15.3 Å². The summed E-state index contributed by atoms with van der Waals surface area (Å²) >= 11 is 0. The Labute approximate surface area is 108 Å². The molecule has 2 heterocycles. The second-order valence-corrected chi connectivity index (χ2v) is 4.10. The lowest BCUT2D eigenvalue weighted by Gasteiger charge is -2.02. The Bertz CT molecular complexity index is 765. The van der Waals surface area contributed by atoms with Crippen LogP contribution in [0.25, 0.3) is 16.8 Å². The summed E-state index contributed by atoms with van der Waals surface area (Å²) in [6, 6.07) is 9.66. The molecule has 0 saturated carbocycles. The van der Waals surface area contributed by atoms with Crippen LogP contribution in [0.4, 0.5) is 0 Å². The van der Waals surface area contributed by atoms with Crippen molar-refractivity contribution in [1.82, 2.24) is 19.8 Å². The van der Waals surface area contributed by atoms with E-state index in [1.807, 2.05) is 30.3 Å². The van der Waals surface area contributed by atoms with Crippen molar-refractivity contribution in [3.63, 3.8) is 0 Å². The molecule has 0 fully saturated rings. The van der Waals surface area contributed by atoms with Crippen LogP contribution in [-0.4, -0.2) is 30.9 Å². The molecule has 0 saturated heterocycles. The van der Waals surface area contributed by atoms with Gasteiger partial charge in [0.25, 0.3) is 0 Å². The second kappa shape index (κ2) is 4.16. The minimum atomic E-state index is -1.11. The van der Waals surface area contributed by atoms with Crippen LogP contribution in [0.3, 0.4) is 0 Å². The largest absolute Gasteiger partial charge is 0.476 e. The van der Waals surface area contributed by atoms with Gasteiger partial charge in [0, 0.05) is 5.56 Å². The van der Waals surface area contributed by atoms with Gasteiger partial charge in [-0.3, -0.25) is 0 Å². The summed E-state index contributed by atoms with van der Waals surface area (Å²) in [6.45, 7) is 1.66. The van der Waals surface area contributed by atoms with Crippen molar-refractivity contribution in [1.29, 1.82) is 0 Å². The van der Waals surface area contributed by atoms with E-state index in [0.29, 0.717) is 11.3 Å². The van der Waals surface area contributed by atoms with Gasteiger partial charge in [-0.2, -0.15) is 5.10 Å². The van der Waals surface area contributed by atoms with E-state index in [1.165, 1.54) is 4.52 Å². The number of carboxylic acid groups (broad SMARTS) is 1. The maximum atomic E-state index is 11.0. The number of aromatic nitrogens is 4. The lowest BCUT2D eigenvalue weighted by molar-refractivity contribution is 0.0687. The average Bonchev–Trinajstić information content (AvgIpc) is 2.84. The maximum Gasteiger partial charge on any atom is 0.358 e. The number of hydrogen-bond acceptors (Lipinski definition) is 4. The first-order valence-corrected chi connectivity index (χ1v) is 5.68. The molecule has 1 aromatic carbocycles. The predicted molar refractivity (Wildman–Crippen MR) is 67.9 cm³/mol. The van der Waals surface area contributed by atoms with Crippen molar-refractivity contribution < 1.29 is 9.90 Å². The van der Waals surface area contributed by atoms with Crippen LogP contribution in [-0.2, 0) is 0 Å². The molecule has 1 N–H and O–H groups in total. The standard InChI is InChI=1S/C13H10N4O2/c1-8-11(13(18)19)15-16-12-10(7-14-17(8)12)9-5-3-2-4-6-9/h2-7H,1H3,(H,18,19). The first-order chi connectivity index (χ1) is 9.18. The molecule has 0 aliphatic heterocycles. The Balaban J connectivity index is 2.26. The molecule has 94 valence electrons. The second-order valence-electron chi connectivity index (χ2n) is 4.10. The Morgan fingerprint density at radius 2 is 1.95 bits per heavy atom. The molecule has 0 atom stereocenters. The number of hydrogen-bond donors (Lipinski definition) is 1. The Kier molecular flexibility index (Phi) is 2.49. The molecule has 3 rings (SSSR count). The third-order valence-corrected chi connectivity index (χ3v) is 2.94. The number of aryl methyl sites for hydroxylation is 1. The first kappa shape index (κ1) is 11.3. The van der Waals surface area contributed by atoms with E-state index in [9.17, 15) is 4.79 Å². The Hall–Kier alpha value is -2.76. The molecular weight excluding hydrogens is 244 g/mol. The van der Waals surface area contributed by atoms with Crippen LogP contribution in [0.5, 0.6) is 0 Å². The fraction of sp³-hybridized carbons (Fsp3) is 0.0769. The SMILES string of the molecule is Cc1c(C(=O)O)nnc2c(-c3ccccc3)cnn12. The third-order valence-electron chi connectivity index (χ3n) is 2.94. The van der Waals surface area contributed by atoms with Crippen molar-refractivity contribution >= 4 is 11.6 Å². The number of carbonyl (C=O) groups is 1. The van der Waals surface area contributed by atoms with Crippen LogP contribution in [0.1, 0.15) is 16.2 Å². The van der Waals surface area contributed by atoms with E-state index >= 15 is 0 Å². The lowest BCUT2D eigenvalue weighted by Crippen LogP contribution is -2.10. The minimum absolute atomic E-state index is 0.0878. The van der Waals surface area contributed by atoms with Gasteiger partial charge in [-0.25, -0.2) is 9.31 Å². The molecule has 6 heteroatoms. The zero-order valence-corrected chi connectivity index (χ0v) is 10.1. The molecule has 0 spiro atoms. The van der Waals surface area contributed by atoms with Gasteiger partial charge in [-0.15, -0.1) is 10.2 Å². The van der Waals surface area contributed by atoms with Crippen LogP contribution < -0.4 is 0 Å². The monoisotopic (exact) mass is 254 g/mol. The average molecular weight is 254 g/mol. The summed E-state index contributed by atoms with van der Waals surface area (Å²) in [5.41, 5.74) is 2.71. The number of aromatic carboxylic acids is 1. The summed E-state index contributed by atoms with van der Waals surface area (Å²) in [4.78, 5) is 11.0. The number of fused-ring (bicyclic) bond motifs is 1. The Morgan fingerprint density at radius 1 is 1.21 bits per heavy atom. The smallest absolute Gasteiger partial charge is 0.358 e. The molecule has 0 bridgehead atoms. The van der Waals surface area contributed by atoms with Gasteiger partial charge in [-0.1, -0.05) is 30.3 Å². The summed E-state index contributed by atoms with van der Waals surface area (Å²) in [6.07, 6.45) is 1.66. The molecule has 19 heavy (non-hydrogen) atoms. The quantitative estimate of drug-likeness (QED) is 0.754. The van der Waals surface area contributed by atoms with E-state index in [-0.39, 0.29) is 5.69 Å². The van der Waals surface area contributed by atoms with Crippen molar-refractivity contribution in [3.05, 3.63) is 47.9 Å². The van der Waals surface area contributed by atoms with Gasteiger partial charge >= 0.3 is 5.97 Å². The molecule has 0 unspecified atom stereocenters. The molecule has 0 amide bonds. The topological polar surface area (TPSA) is 80.4 Å². The minimum Gasteiger partial charge on any atom is -0.476 e. The van der Waals surface area contributed by atoms with Crippen molar-refractivity contribution in [2.45, 2.75) is 6.92 Å². The fourth-order valence-corrected chi connectivity index (χ4v) is 1.97. The molecule has 3 aromatic rings. The highest BCUT2D eigenvalue weighted by Gasteiger charge is 2.16. The first-order valence-electron chi connectivity index (χ1n) is 5.68. The molecule has 6 nitrogen and oxygen atoms in total. The van der Waals surface area contributed by atoms with Crippen molar-refractivity contribution in [2.75, 3.05) is 0 Å². The van der Waals surface area contributed by atoms with Crippen LogP contribution in [0.2, 0.25) is 0 Å². The molecule has 0 aliphatic carbocycles.